The number of hydrogen-bond acceptors (Lipinski definition) is 2. The van der Waals surface area contributed by atoms with Crippen molar-refractivity contribution in [2.45, 2.75) is 38.0 Å². The summed E-state index contributed by atoms with van der Waals surface area (Å²) in [5, 5.41) is 0. The molecule has 0 aromatic carbocycles. The Morgan fingerprint density at radius 3 is 1.55 bits per heavy atom. The molecule has 68 valence electrons. The molecule has 0 radical (unpaired) electrons. The van der Waals surface area contributed by atoms with Crippen molar-refractivity contribution in [3.05, 3.63) is 0 Å². The Morgan fingerprint density at radius 2 is 1.27 bits per heavy atom. The monoisotopic (exact) mass is 174 g/mol. The molecular weight excluding hydrogens is 152 g/mol. The molecule has 0 aliphatic heterocycles. The van der Waals surface area contributed by atoms with Crippen molar-refractivity contribution in [3.63, 3.8) is 0 Å². The molecule has 0 aromatic heterocycles. The molecule has 2 nitrogen and oxygen atoms in total. The summed E-state index contributed by atoms with van der Waals surface area (Å²) in [6.07, 6.45) is 2.40. The van der Waals surface area contributed by atoms with E-state index in [0.29, 0.717) is 0 Å². The molecular formula is C8H22N2Si. The van der Waals surface area contributed by atoms with Gasteiger partial charge in [0.05, 0.1) is 0 Å². The summed E-state index contributed by atoms with van der Waals surface area (Å²) in [6, 6.07) is 2.73. The molecule has 4 N–H and O–H groups in total. The zero-order valence-electron chi connectivity index (χ0n) is 7.90. The molecule has 0 amide bonds. The van der Waals surface area contributed by atoms with E-state index in [-0.39, 0.29) is 0 Å². The number of nitrogens with two attached hydrogens (primary N) is 2. The minimum Gasteiger partial charge on any atom is -0.330 e. The lowest BCUT2D eigenvalue weighted by atomic mass is 10.5. The molecule has 0 spiro atoms. The van der Waals surface area contributed by atoms with Crippen molar-refractivity contribution in [1.82, 2.24) is 0 Å². The lowest BCUT2D eigenvalue weighted by Gasteiger charge is -2.21. The lowest BCUT2D eigenvalue weighted by Crippen LogP contribution is -2.26. The van der Waals surface area contributed by atoms with Crippen LogP contribution in [0.4, 0.5) is 0 Å². The van der Waals surface area contributed by atoms with Crippen LogP contribution in [0.25, 0.3) is 0 Å². The van der Waals surface area contributed by atoms with E-state index in [2.05, 4.69) is 13.1 Å². The van der Waals surface area contributed by atoms with Gasteiger partial charge >= 0.3 is 0 Å². The van der Waals surface area contributed by atoms with Crippen LogP contribution >= 0.6 is 0 Å². The van der Waals surface area contributed by atoms with E-state index in [1.165, 1.54) is 24.9 Å². The molecule has 0 aromatic rings. The standard InChI is InChI=1S/C8H22N2Si/c1-11(2,7-3-5-9)8-4-6-10/h3-10H2,1-2H3. The summed E-state index contributed by atoms with van der Waals surface area (Å²) in [5.41, 5.74) is 10.9. The van der Waals surface area contributed by atoms with Crippen LogP contribution in [0.3, 0.4) is 0 Å². The highest BCUT2D eigenvalue weighted by molar-refractivity contribution is 6.77. The Kier molecular flexibility index (Phi) is 5.82. The van der Waals surface area contributed by atoms with E-state index in [0.717, 1.165) is 13.1 Å². The summed E-state index contributed by atoms with van der Waals surface area (Å²) < 4.78 is 0. The SMILES string of the molecule is C[Si](C)(CCCN)CCCN. The maximum atomic E-state index is 5.46. The van der Waals surface area contributed by atoms with Crippen molar-refractivity contribution < 1.29 is 0 Å². The Labute approximate surface area is 71.4 Å². The normalized spacial score (nSPS) is 12.0. The van der Waals surface area contributed by atoms with E-state index in [9.17, 15) is 0 Å². The molecule has 0 saturated heterocycles. The summed E-state index contributed by atoms with van der Waals surface area (Å²) in [6.45, 7) is 6.55. The average molecular weight is 174 g/mol. The number of rotatable bonds is 6. The highest BCUT2D eigenvalue weighted by atomic mass is 28.3. The molecule has 3 heteroatoms. The molecule has 0 aliphatic rings. The van der Waals surface area contributed by atoms with Crippen LogP contribution in [-0.4, -0.2) is 21.2 Å². The van der Waals surface area contributed by atoms with E-state index < -0.39 is 8.07 Å². The van der Waals surface area contributed by atoms with Gasteiger partial charge in [0.2, 0.25) is 0 Å². The van der Waals surface area contributed by atoms with Gasteiger partial charge < -0.3 is 11.5 Å². The quantitative estimate of drug-likeness (QED) is 0.598. The van der Waals surface area contributed by atoms with Crippen LogP contribution < -0.4 is 11.5 Å². The molecule has 11 heavy (non-hydrogen) atoms. The van der Waals surface area contributed by atoms with Crippen molar-refractivity contribution in [3.8, 4) is 0 Å². The fourth-order valence-electron chi connectivity index (χ4n) is 1.29. The Morgan fingerprint density at radius 1 is 0.909 bits per heavy atom. The highest BCUT2D eigenvalue weighted by Gasteiger charge is 2.18. The summed E-state index contributed by atoms with van der Waals surface area (Å²) >= 11 is 0. The highest BCUT2D eigenvalue weighted by Crippen LogP contribution is 2.18. The first kappa shape index (κ1) is 11.1. The van der Waals surface area contributed by atoms with Crippen molar-refractivity contribution >= 4 is 8.07 Å². The first-order valence-electron chi connectivity index (χ1n) is 4.52. The van der Waals surface area contributed by atoms with E-state index in [1.807, 2.05) is 0 Å². The first-order chi connectivity index (χ1) is 5.12. The van der Waals surface area contributed by atoms with Crippen LogP contribution in [0.1, 0.15) is 12.8 Å². The molecule has 0 atom stereocenters. The van der Waals surface area contributed by atoms with E-state index >= 15 is 0 Å². The second kappa shape index (κ2) is 5.74. The van der Waals surface area contributed by atoms with Crippen LogP contribution in [0, 0.1) is 0 Å². The van der Waals surface area contributed by atoms with Crippen LogP contribution in [0.2, 0.25) is 25.2 Å². The smallest absolute Gasteiger partial charge is 0.0474 e. The van der Waals surface area contributed by atoms with Gasteiger partial charge in [0.15, 0.2) is 0 Å². The molecule has 0 heterocycles. The molecule has 0 fully saturated rings. The fraction of sp³-hybridized carbons (Fsp3) is 1.00. The zero-order valence-corrected chi connectivity index (χ0v) is 8.90. The molecule has 0 rings (SSSR count). The minimum absolute atomic E-state index is 0.846. The van der Waals surface area contributed by atoms with Crippen LogP contribution in [-0.2, 0) is 0 Å². The Hall–Kier alpha value is 0.137. The van der Waals surface area contributed by atoms with Gasteiger partial charge in [-0.2, -0.15) is 0 Å². The predicted molar refractivity (Wildman–Crippen MR) is 54.4 cm³/mol. The van der Waals surface area contributed by atoms with Crippen LogP contribution in [0.5, 0.6) is 0 Å². The lowest BCUT2D eigenvalue weighted by molar-refractivity contribution is 0.872. The maximum absolute atomic E-state index is 5.46. The van der Waals surface area contributed by atoms with Crippen LogP contribution in [0.15, 0.2) is 0 Å². The van der Waals surface area contributed by atoms with Gasteiger partial charge in [-0.15, -0.1) is 0 Å². The largest absolute Gasteiger partial charge is 0.330 e. The van der Waals surface area contributed by atoms with Crippen molar-refractivity contribution in [2.75, 3.05) is 13.1 Å². The topological polar surface area (TPSA) is 52.0 Å². The summed E-state index contributed by atoms with van der Waals surface area (Å²) in [7, 11) is -0.905. The molecule has 0 bridgehead atoms. The molecule has 0 saturated carbocycles. The van der Waals surface area contributed by atoms with E-state index in [1.54, 1.807) is 0 Å². The summed E-state index contributed by atoms with van der Waals surface area (Å²) in [5.74, 6) is 0. The second-order valence-corrected chi connectivity index (χ2v) is 9.28. The first-order valence-corrected chi connectivity index (χ1v) is 7.94. The van der Waals surface area contributed by atoms with Gasteiger partial charge in [-0.3, -0.25) is 0 Å². The third kappa shape index (κ3) is 6.53. The Bertz CT molecular complexity index is 84.1. The summed E-state index contributed by atoms with van der Waals surface area (Å²) in [4.78, 5) is 0. The van der Waals surface area contributed by atoms with Crippen molar-refractivity contribution in [1.29, 1.82) is 0 Å². The number of hydrogen-bond donors (Lipinski definition) is 2. The van der Waals surface area contributed by atoms with E-state index in [4.69, 9.17) is 11.5 Å². The third-order valence-electron chi connectivity index (χ3n) is 2.12. The van der Waals surface area contributed by atoms with Gasteiger partial charge in [0.25, 0.3) is 0 Å². The predicted octanol–water partition coefficient (Wildman–Crippen LogP) is 1.39. The van der Waals surface area contributed by atoms with Gasteiger partial charge in [0, 0.05) is 8.07 Å². The molecule has 0 aliphatic carbocycles. The molecule has 0 unspecified atom stereocenters. The van der Waals surface area contributed by atoms with Crippen molar-refractivity contribution in [2.24, 2.45) is 11.5 Å². The Balaban J connectivity index is 3.43. The second-order valence-electron chi connectivity index (χ2n) is 3.95. The van der Waals surface area contributed by atoms with Gasteiger partial charge in [-0.25, -0.2) is 0 Å². The zero-order chi connectivity index (χ0) is 8.74. The van der Waals surface area contributed by atoms with Gasteiger partial charge in [-0.05, 0) is 25.9 Å². The maximum Gasteiger partial charge on any atom is 0.0474 e. The fourth-order valence-corrected chi connectivity index (χ4v) is 3.86. The third-order valence-corrected chi connectivity index (χ3v) is 5.53. The minimum atomic E-state index is -0.905. The van der Waals surface area contributed by atoms with Gasteiger partial charge in [-0.1, -0.05) is 25.2 Å². The average Bonchev–Trinajstić information content (AvgIpc) is 1.97. The van der Waals surface area contributed by atoms with Gasteiger partial charge in [0.1, 0.15) is 0 Å².